The van der Waals surface area contributed by atoms with Crippen LogP contribution in [0.5, 0.6) is 5.88 Å². The number of carbonyl (C=O) groups is 2. The number of benzene rings is 1. The molecule has 0 fully saturated rings. The molecule has 3 atom stereocenters. The Kier molecular flexibility index (Phi) is 7.54. The highest BCUT2D eigenvalue weighted by Crippen LogP contribution is 2.30. The molecule has 10 heteroatoms. The Morgan fingerprint density at radius 1 is 1.25 bits per heavy atom. The zero-order chi connectivity index (χ0) is 25.8. The maximum Gasteiger partial charge on any atom is 0.273 e. The summed E-state index contributed by atoms with van der Waals surface area (Å²) in [4.78, 5) is 41.9. The van der Waals surface area contributed by atoms with Crippen LogP contribution in [0.1, 0.15) is 34.7 Å². The number of fused-ring (bicyclic) bond motifs is 1. The summed E-state index contributed by atoms with van der Waals surface area (Å²) in [6.45, 7) is 3.96. The molecule has 0 unspecified atom stereocenters. The van der Waals surface area contributed by atoms with Crippen LogP contribution in [0.25, 0.3) is 11.1 Å². The highest BCUT2D eigenvalue weighted by molar-refractivity contribution is 5.98. The Morgan fingerprint density at radius 3 is 2.75 bits per heavy atom. The molecule has 188 valence electrons. The van der Waals surface area contributed by atoms with Gasteiger partial charge in [-0.2, -0.15) is 0 Å². The lowest BCUT2D eigenvalue weighted by Crippen LogP contribution is -2.50. The van der Waals surface area contributed by atoms with Gasteiger partial charge in [0.1, 0.15) is 23.2 Å². The second-order valence-electron chi connectivity index (χ2n) is 8.99. The number of rotatable bonds is 6. The Balaban J connectivity index is 1.69. The molecule has 36 heavy (non-hydrogen) atoms. The van der Waals surface area contributed by atoms with Crippen molar-refractivity contribution in [1.82, 2.24) is 24.8 Å². The van der Waals surface area contributed by atoms with Gasteiger partial charge in [-0.3, -0.25) is 14.6 Å². The van der Waals surface area contributed by atoms with Gasteiger partial charge >= 0.3 is 0 Å². The molecule has 2 amide bonds. The van der Waals surface area contributed by atoms with Crippen molar-refractivity contribution in [2.75, 3.05) is 26.7 Å². The Hall–Kier alpha value is -3.92. The number of aliphatic hydroxyl groups excluding tert-OH is 1. The van der Waals surface area contributed by atoms with Crippen LogP contribution in [-0.4, -0.2) is 80.6 Å². The third-order valence-corrected chi connectivity index (χ3v) is 6.26. The van der Waals surface area contributed by atoms with E-state index in [-0.39, 0.29) is 48.0 Å². The molecule has 1 aliphatic heterocycles. The lowest BCUT2D eigenvalue weighted by Gasteiger charge is -2.37. The number of halogens is 1. The van der Waals surface area contributed by atoms with E-state index in [0.717, 1.165) is 0 Å². The van der Waals surface area contributed by atoms with Crippen molar-refractivity contribution in [2.45, 2.75) is 26.0 Å². The zero-order valence-corrected chi connectivity index (χ0v) is 20.3. The molecule has 0 spiro atoms. The van der Waals surface area contributed by atoms with Crippen LogP contribution in [0.15, 0.2) is 55.1 Å². The summed E-state index contributed by atoms with van der Waals surface area (Å²) in [5.41, 5.74) is 1.54. The lowest BCUT2D eigenvalue weighted by molar-refractivity contribution is 0.0312. The van der Waals surface area contributed by atoms with E-state index in [1.54, 1.807) is 37.1 Å². The molecule has 1 N–H and O–H groups in total. The second kappa shape index (κ2) is 10.8. The summed E-state index contributed by atoms with van der Waals surface area (Å²) in [7, 11) is 1.65. The fourth-order valence-corrected chi connectivity index (χ4v) is 4.10. The number of aromatic nitrogens is 3. The van der Waals surface area contributed by atoms with E-state index in [9.17, 15) is 19.1 Å². The Bertz CT molecular complexity index is 1240. The highest BCUT2D eigenvalue weighted by Gasteiger charge is 2.35. The normalized spacial score (nSPS) is 18.5. The number of hydrogen-bond donors (Lipinski definition) is 1. The van der Waals surface area contributed by atoms with Gasteiger partial charge in [0.2, 0.25) is 5.88 Å². The fourth-order valence-electron chi connectivity index (χ4n) is 4.10. The van der Waals surface area contributed by atoms with Crippen LogP contribution < -0.4 is 4.74 Å². The maximum absolute atomic E-state index is 13.8. The minimum atomic E-state index is -0.511. The van der Waals surface area contributed by atoms with E-state index in [2.05, 4.69) is 15.0 Å². The van der Waals surface area contributed by atoms with Gasteiger partial charge in [0.15, 0.2) is 0 Å². The lowest BCUT2D eigenvalue weighted by atomic mass is 9.99. The zero-order valence-electron chi connectivity index (χ0n) is 20.3. The number of pyridine rings is 1. The first-order valence-electron chi connectivity index (χ1n) is 11.6. The van der Waals surface area contributed by atoms with Gasteiger partial charge in [0.05, 0.1) is 25.4 Å². The molecule has 3 aromatic rings. The molecule has 3 heterocycles. The number of likely N-dealkylation sites (N-methyl/N-ethyl adjacent to an activating group) is 1. The van der Waals surface area contributed by atoms with Crippen molar-refractivity contribution in [3.63, 3.8) is 0 Å². The van der Waals surface area contributed by atoms with E-state index in [0.29, 0.717) is 17.7 Å². The Morgan fingerprint density at radius 2 is 2.06 bits per heavy atom. The van der Waals surface area contributed by atoms with Crippen LogP contribution >= 0.6 is 0 Å². The number of carbonyl (C=O) groups excluding carboxylic acids is 2. The third kappa shape index (κ3) is 5.33. The monoisotopic (exact) mass is 493 g/mol. The van der Waals surface area contributed by atoms with Crippen molar-refractivity contribution < 1.29 is 23.8 Å². The first-order chi connectivity index (χ1) is 17.3. The molecule has 2 aromatic heterocycles. The second-order valence-corrected chi connectivity index (χ2v) is 8.99. The fraction of sp³-hybridized carbons (Fsp3) is 0.346. The van der Waals surface area contributed by atoms with Crippen LogP contribution in [-0.2, 0) is 0 Å². The quantitative estimate of drug-likeness (QED) is 0.562. The molecule has 0 aliphatic carbocycles. The van der Waals surface area contributed by atoms with Crippen LogP contribution in [0.3, 0.4) is 0 Å². The first-order valence-corrected chi connectivity index (χ1v) is 11.6. The smallest absolute Gasteiger partial charge is 0.273 e. The van der Waals surface area contributed by atoms with Crippen LogP contribution in [0, 0.1) is 11.7 Å². The SMILES string of the molecule is C[C@@H]1CN([C@H](C)CO)C(=O)c2cc(-c3cccc(F)c3)cnc2O[C@H]1CN(C)C(=O)c1cnccn1. The Labute approximate surface area is 208 Å². The maximum atomic E-state index is 13.8. The van der Waals surface area contributed by atoms with E-state index >= 15 is 0 Å². The van der Waals surface area contributed by atoms with Crippen molar-refractivity contribution >= 4 is 11.8 Å². The van der Waals surface area contributed by atoms with E-state index in [1.165, 1.54) is 41.8 Å². The van der Waals surface area contributed by atoms with Crippen molar-refractivity contribution in [3.05, 3.63) is 72.2 Å². The highest BCUT2D eigenvalue weighted by atomic mass is 19.1. The van der Waals surface area contributed by atoms with Crippen molar-refractivity contribution in [2.24, 2.45) is 5.92 Å². The molecular weight excluding hydrogens is 465 g/mol. The number of nitrogens with zero attached hydrogens (tertiary/aromatic N) is 5. The number of amides is 2. The van der Waals surface area contributed by atoms with Gasteiger partial charge < -0.3 is 19.6 Å². The molecular formula is C26H28FN5O4. The summed E-state index contributed by atoms with van der Waals surface area (Å²) in [6, 6.07) is 7.19. The molecule has 0 bridgehead atoms. The average Bonchev–Trinajstić information content (AvgIpc) is 2.90. The summed E-state index contributed by atoms with van der Waals surface area (Å²) in [5.74, 6) is -1.13. The molecule has 0 saturated carbocycles. The topological polar surface area (TPSA) is 109 Å². The molecule has 1 aliphatic rings. The predicted molar refractivity (Wildman–Crippen MR) is 130 cm³/mol. The first kappa shape index (κ1) is 25.2. The summed E-state index contributed by atoms with van der Waals surface area (Å²) in [6.07, 6.45) is 5.36. The summed E-state index contributed by atoms with van der Waals surface area (Å²) >= 11 is 0. The summed E-state index contributed by atoms with van der Waals surface area (Å²) in [5, 5.41) is 9.83. The molecule has 1 aromatic carbocycles. The van der Waals surface area contributed by atoms with E-state index in [4.69, 9.17) is 4.74 Å². The van der Waals surface area contributed by atoms with Crippen molar-refractivity contribution in [1.29, 1.82) is 0 Å². The predicted octanol–water partition coefficient (Wildman–Crippen LogP) is 2.67. The van der Waals surface area contributed by atoms with Crippen LogP contribution in [0.4, 0.5) is 4.39 Å². The van der Waals surface area contributed by atoms with Gasteiger partial charge in [0, 0.05) is 43.7 Å². The van der Waals surface area contributed by atoms with Gasteiger partial charge in [-0.15, -0.1) is 0 Å². The number of aliphatic hydroxyl groups is 1. The van der Waals surface area contributed by atoms with Gasteiger partial charge in [-0.25, -0.2) is 14.4 Å². The largest absolute Gasteiger partial charge is 0.472 e. The standard InChI is InChI=1S/C26H28FN5O4/c1-16-13-32(17(2)15-33)25(34)21-10-19(18-5-4-6-20(27)9-18)11-30-24(21)36-23(16)14-31(3)26(35)22-12-28-7-8-29-22/h4-12,16-17,23,33H,13-15H2,1-3H3/t16-,17-,23+/m1/s1. The van der Waals surface area contributed by atoms with Gasteiger partial charge in [0.25, 0.3) is 11.8 Å². The molecule has 0 radical (unpaired) electrons. The molecule has 4 rings (SSSR count). The minimum Gasteiger partial charge on any atom is -0.472 e. The van der Waals surface area contributed by atoms with E-state index in [1.807, 2.05) is 6.92 Å². The van der Waals surface area contributed by atoms with E-state index < -0.39 is 18.0 Å². The van der Waals surface area contributed by atoms with Crippen molar-refractivity contribution in [3.8, 4) is 17.0 Å². The van der Waals surface area contributed by atoms with Crippen LogP contribution in [0.2, 0.25) is 0 Å². The molecule has 9 nitrogen and oxygen atoms in total. The van der Waals surface area contributed by atoms with Gasteiger partial charge in [-0.05, 0) is 30.7 Å². The summed E-state index contributed by atoms with van der Waals surface area (Å²) < 4.78 is 20.0. The third-order valence-electron chi connectivity index (χ3n) is 6.26. The molecule has 0 saturated heterocycles. The average molecular weight is 494 g/mol. The number of hydrogen-bond acceptors (Lipinski definition) is 7. The van der Waals surface area contributed by atoms with Gasteiger partial charge in [-0.1, -0.05) is 19.1 Å². The minimum absolute atomic E-state index is 0.118. The number of ether oxygens (including phenoxy) is 1.